The predicted octanol–water partition coefficient (Wildman–Crippen LogP) is 3.83. The highest BCUT2D eigenvalue weighted by Gasteiger charge is 2.19. The van der Waals surface area contributed by atoms with Gasteiger partial charge in [-0.25, -0.2) is 4.39 Å². The molecular formula is C15H23BrClFN2. The van der Waals surface area contributed by atoms with Crippen molar-refractivity contribution in [2.75, 3.05) is 26.2 Å². The van der Waals surface area contributed by atoms with Crippen molar-refractivity contribution in [1.29, 1.82) is 0 Å². The molecule has 0 aliphatic carbocycles. The molecule has 0 bridgehead atoms. The maximum atomic E-state index is 13.0. The van der Waals surface area contributed by atoms with Crippen molar-refractivity contribution in [2.45, 2.75) is 26.3 Å². The Kier molecular flexibility index (Phi) is 8.03. The monoisotopic (exact) mass is 364 g/mol. The van der Waals surface area contributed by atoms with Crippen LogP contribution in [0.5, 0.6) is 0 Å². The van der Waals surface area contributed by atoms with Crippen LogP contribution in [-0.2, 0) is 6.54 Å². The van der Waals surface area contributed by atoms with Gasteiger partial charge in [-0.2, -0.15) is 0 Å². The van der Waals surface area contributed by atoms with Crippen molar-refractivity contribution in [3.05, 3.63) is 34.1 Å². The van der Waals surface area contributed by atoms with Gasteiger partial charge in [-0.1, -0.05) is 28.9 Å². The van der Waals surface area contributed by atoms with Crippen LogP contribution in [0.25, 0.3) is 0 Å². The van der Waals surface area contributed by atoms with Gasteiger partial charge in [0.1, 0.15) is 5.82 Å². The zero-order valence-corrected chi connectivity index (χ0v) is 14.3. The Balaban J connectivity index is 0.00000200. The number of rotatable bonds is 5. The van der Waals surface area contributed by atoms with Crippen LogP contribution in [0.3, 0.4) is 0 Å². The molecule has 1 aromatic rings. The Labute approximate surface area is 135 Å². The average Bonchev–Trinajstić information content (AvgIpc) is 2.41. The zero-order valence-electron chi connectivity index (χ0n) is 11.9. The normalized spacial score (nSPS) is 16.9. The third-order valence-corrected chi connectivity index (χ3v) is 4.54. The summed E-state index contributed by atoms with van der Waals surface area (Å²) in [6.45, 7) is 7.54. The summed E-state index contributed by atoms with van der Waals surface area (Å²) in [6.07, 6.45) is 2.51. The van der Waals surface area contributed by atoms with Crippen molar-refractivity contribution in [1.82, 2.24) is 10.2 Å². The second-order valence-corrected chi connectivity index (χ2v) is 6.12. The Morgan fingerprint density at radius 3 is 2.65 bits per heavy atom. The fraction of sp³-hybridized carbons (Fsp3) is 0.600. The average molecular weight is 366 g/mol. The van der Waals surface area contributed by atoms with Gasteiger partial charge in [0.15, 0.2) is 0 Å². The quantitative estimate of drug-likeness (QED) is 0.853. The minimum Gasteiger partial charge on any atom is -0.317 e. The number of likely N-dealkylation sites (tertiary alicyclic amines) is 1. The van der Waals surface area contributed by atoms with Crippen LogP contribution in [-0.4, -0.2) is 31.1 Å². The molecule has 1 aliphatic heterocycles. The zero-order chi connectivity index (χ0) is 13.7. The first-order valence-corrected chi connectivity index (χ1v) is 7.85. The lowest BCUT2D eigenvalue weighted by molar-refractivity contribution is 0.175. The van der Waals surface area contributed by atoms with Gasteiger partial charge in [0, 0.05) is 11.0 Å². The highest BCUT2D eigenvalue weighted by molar-refractivity contribution is 9.10. The summed E-state index contributed by atoms with van der Waals surface area (Å²) in [6, 6.07) is 4.97. The number of piperidine rings is 1. The molecule has 0 aromatic heterocycles. The van der Waals surface area contributed by atoms with Crippen molar-refractivity contribution in [3.8, 4) is 0 Å². The van der Waals surface area contributed by atoms with E-state index in [4.69, 9.17) is 0 Å². The Morgan fingerprint density at radius 1 is 1.35 bits per heavy atom. The third kappa shape index (κ3) is 5.32. The number of halogens is 3. The van der Waals surface area contributed by atoms with Gasteiger partial charge in [-0.15, -0.1) is 12.4 Å². The molecule has 2 nitrogen and oxygen atoms in total. The molecule has 114 valence electrons. The summed E-state index contributed by atoms with van der Waals surface area (Å²) in [4.78, 5) is 2.46. The summed E-state index contributed by atoms with van der Waals surface area (Å²) in [5.41, 5.74) is 1.17. The van der Waals surface area contributed by atoms with Crippen LogP contribution in [0.2, 0.25) is 0 Å². The second-order valence-electron chi connectivity index (χ2n) is 5.26. The van der Waals surface area contributed by atoms with Gasteiger partial charge >= 0.3 is 0 Å². The van der Waals surface area contributed by atoms with Crippen LogP contribution in [0.1, 0.15) is 25.3 Å². The molecular weight excluding hydrogens is 343 g/mol. The molecule has 20 heavy (non-hydrogen) atoms. The van der Waals surface area contributed by atoms with E-state index in [2.05, 4.69) is 33.1 Å². The fourth-order valence-electron chi connectivity index (χ4n) is 2.59. The summed E-state index contributed by atoms with van der Waals surface area (Å²) in [5.74, 6) is 0.632. The number of hydrogen-bond donors (Lipinski definition) is 1. The molecule has 0 saturated carbocycles. The number of hydrogen-bond acceptors (Lipinski definition) is 2. The Hall–Kier alpha value is -0.160. The summed E-state index contributed by atoms with van der Waals surface area (Å²) in [7, 11) is 0. The van der Waals surface area contributed by atoms with Gasteiger partial charge in [-0.3, -0.25) is 4.90 Å². The highest BCUT2D eigenvalue weighted by Crippen LogP contribution is 2.23. The van der Waals surface area contributed by atoms with Crippen molar-refractivity contribution >= 4 is 28.3 Å². The third-order valence-electron chi connectivity index (χ3n) is 3.80. The van der Waals surface area contributed by atoms with E-state index in [9.17, 15) is 4.39 Å². The molecule has 1 aromatic carbocycles. The lowest BCUT2D eigenvalue weighted by Gasteiger charge is -2.32. The molecule has 0 unspecified atom stereocenters. The summed E-state index contributed by atoms with van der Waals surface area (Å²) in [5, 5.41) is 3.43. The van der Waals surface area contributed by atoms with E-state index in [1.165, 1.54) is 24.5 Å². The Bertz CT molecular complexity index is 409. The van der Waals surface area contributed by atoms with Crippen LogP contribution in [0, 0.1) is 11.7 Å². The molecule has 2 rings (SSSR count). The Morgan fingerprint density at radius 2 is 2.05 bits per heavy atom. The minimum atomic E-state index is -0.181. The summed E-state index contributed by atoms with van der Waals surface area (Å²) < 4.78 is 13.9. The van der Waals surface area contributed by atoms with E-state index >= 15 is 0 Å². The largest absolute Gasteiger partial charge is 0.317 e. The van der Waals surface area contributed by atoms with E-state index < -0.39 is 0 Å². The number of nitrogens with one attached hydrogen (secondary N) is 1. The van der Waals surface area contributed by atoms with Crippen LogP contribution >= 0.6 is 28.3 Å². The van der Waals surface area contributed by atoms with Crippen molar-refractivity contribution in [3.63, 3.8) is 0 Å². The first kappa shape index (κ1) is 17.9. The van der Waals surface area contributed by atoms with Gasteiger partial charge in [0.05, 0.1) is 0 Å². The van der Waals surface area contributed by atoms with Crippen LogP contribution in [0.4, 0.5) is 4.39 Å². The molecule has 1 saturated heterocycles. The molecule has 1 heterocycles. The van der Waals surface area contributed by atoms with E-state index in [-0.39, 0.29) is 18.2 Å². The van der Waals surface area contributed by atoms with Crippen molar-refractivity contribution in [2.24, 2.45) is 5.92 Å². The lowest BCUT2D eigenvalue weighted by Crippen LogP contribution is -2.36. The maximum absolute atomic E-state index is 13.0. The molecule has 1 fully saturated rings. The van der Waals surface area contributed by atoms with E-state index in [1.54, 1.807) is 6.07 Å². The first-order chi connectivity index (χ1) is 9.19. The lowest BCUT2D eigenvalue weighted by atomic mass is 9.96. The van der Waals surface area contributed by atoms with E-state index in [0.717, 1.165) is 43.1 Å². The SMILES string of the molecule is CCNCC1CCN(Cc2ccc(F)cc2Br)CC1.Cl. The maximum Gasteiger partial charge on any atom is 0.124 e. The van der Waals surface area contributed by atoms with Crippen LogP contribution < -0.4 is 5.32 Å². The molecule has 1 N–H and O–H groups in total. The van der Waals surface area contributed by atoms with Gasteiger partial charge in [0.2, 0.25) is 0 Å². The molecule has 0 radical (unpaired) electrons. The smallest absolute Gasteiger partial charge is 0.124 e. The fourth-order valence-corrected chi connectivity index (χ4v) is 3.06. The molecule has 0 atom stereocenters. The predicted molar refractivity (Wildman–Crippen MR) is 87.9 cm³/mol. The van der Waals surface area contributed by atoms with Crippen LogP contribution in [0.15, 0.2) is 22.7 Å². The van der Waals surface area contributed by atoms with Gasteiger partial charge in [0.25, 0.3) is 0 Å². The molecule has 5 heteroatoms. The molecule has 1 aliphatic rings. The number of nitrogens with zero attached hydrogens (tertiary/aromatic N) is 1. The van der Waals surface area contributed by atoms with Crippen molar-refractivity contribution < 1.29 is 4.39 Å². The van der Waals surface area contributed by atoms with Gasteiger partial charge in [-0.05, 0) is 62.6 Å². The number of benzene rings is 1. The second kappa shape index (κ2) is 8.98. The standard InChI is InChI=1S/C15H22BrFN2.ClH/c1-2-18-10-12-5-7-19(8-6-12)11-13-3-4-14(17)9-15(13)16;/h3-4,9,12,18H,2,5-8,10-11H2,1H3;1H. The highest BCUT2D eigenvalue weighted by atomic mass is 79.9. The minimum absolute atomic E-state index is 0. The molecule has 0 amide bonds. The molecule has 0 spiro atoms. The summed E-state index contributed by atoms with van der Waals surface area (Å²) >= 11 is 3.44. The topological polar surface area (TPSA) is 15.3 Å². The van der Waals surface area contributed by atoms with Gasteiger partial charge < -0.3 is 5.32 Å². The van der Waals surface area contributed by atoms with E-state index in [0.29, 0.717) is 0 Å². The first-order valence-electron chi connectivity index (χ1n) is 7.06. The van der Waals surface area contributed by atoms with E-state index in [1.807, 2.05) is 6.07 Å².